The van der Waals surface area contributed by atoms with Gasteiger partial charge in [0, 0.05) is 24.2 Å². The van der Waals surface area contributed by atoms with E-state index in [1.807, 2.05) is 13.0 Å². The summed E-state index contributed by atoms with van der Waals surface area (Å²) in [6.45, 7) is 3.19. The van der Waals surface area contributed by atoms with Crippen molar-refractivity contribution in [3.05, 3.63) is 70.5 Å². The van der Waals surface area contributed by atoms with Gasteiger partial charge in [-0.25, -0.2) is 15.0 Å². The van der Waals surface area contributed by atoms with Gasteiger partial charge >= 0.3 is 6.03 Å². The second-order valence-electron chi connectivity index (χ2n) is 6.66. The summed E-state index contributed by atoms with van der Waals surface area (Å²) in [7, 11) is 0. The minimum atomic E-state index is -0.492. The van der Waals surface area contributed by atoms with Crippen LogP contribution >= 0.6 is 0 Å². The summed E-state index contributed by atoms with van der Waals surface area (Å²) in [4.78, 5) is 25.5. The lowest BCUT2D eigenvalue weighted by molar-refractivity contribution is -0.0171. The van der Waals surface area contributed by atoms with Crippen molar-refractivity contribution in [2.24, 2.45) is 5.84 Å². The molecule has 1 fully saturated rings. The Kier molecular flexibility index (Phi) is 6.23. The molecule has 4 N–H and O–H groups in total. The lowest BCUT2D eigenvalue weighted by atomic mass is 10.1. The van der Waals surface area contributed by atoms with Gasteiger partial charge in [0.15, 0.2) is 0 Å². The molecule has 1 heterocycles. The SMILES string of the molecule is Cc1ccc(C2CN(C(=O)NCc3ccc(C(=O)NN)cc3)CCO2)c(F)c1. The third kappa shape index (κ3) is 4.65. The molecule has 8 heteroatoms. The number of urea groups is 1. The molecule has 0 bridgehead atoms. The Balaban J connectivity index is 1.57. The van der Waals surface area contributed by atoms with Crippen LogP contribution in [0.4, 0.5) is 9.18 Å². The van der Waals surface area contributed by atoms with Crippen molar-refractivity contribution in [3.8, 4) is 0 Å². The second-order valence-corrected chi connectivity index (χ2v) is 6.66. The zero-order valence-electron chi connectivity index (χ0n) is 15.6. The van der Waals surface area contributed by atoms with E-state index in [4.69, 9.17) is 10.6 Å². The van der Waals surface area contributed by atoms with Crippen LogP contribution in [0.25, 0.3) is 0 Å². The van der Waals surface area contributed by atoms with Crippen LogP contribution in [0.5, 0.6) is 0 Å². The van der Waals surface area contributed by atoms with Crippen LogP contribution in [0.1, 0.15) is 33.2 Å². The third-order valence-corrected chi connectivity index (χ3v) is 4.65. The fourth-order valence-corrected chi connectivity index (χ4v) is 3.06. The molecular weight excluding hydrogens is 363 g/mol. The number of ether oxygens (including phenoxy) is 1. The van der Waals surface area contributed by atoms with E-state index in [-0.39, 0.29) is 24.3 Å². The van der Waals surface area contributed by atoms with E-state index in [0.29, 0.717) is 30.8 Å². The van der Waals surface area contributed by atoms with Gasteiger partial charge in [-0.2, -0.15) is 0 Å². The van der Waals surface area contributed by atoms with Gasteiger partial charge in [0.05, 0.1) is 13.2 Å². The zero-order valence-corrected chi connectivity index (χ0v) is 15.6. The normalized spacial score (nSPS) is 16.5. The van der Waals surface area contributed by atoms with Crippen molar-refractivity contribution in [2.45, 2.75) is 19.6 Å². The van der Waals surface area contributed by atoms with Crippen molar-refractivity contribution in [1.82, 2.24) is 15.6 Å². The molecule has 148 valence electrons. The van der Waals surface area contributed by atoms with Crippen LogP contribution in [-0.2, 0) is 11.3 Å². The average molecular weight is 386 g/mol. The van der Waals surface area contributed by atoms with Crippen molar-refractivity contribution >= 4 is 11.9 Å². The molecule has 28 heavy (non-hydrogen) atoms. The maximum absolute atomic E-state index is 14.2. The van der Waals surface area contributed by atoms with Gasteiger partial charge in [-0.3, -0.25) is 10.2 Å². The predicted octanol–water partition coefficient (Wildman–Crippen LogP) is 2.02. The molecule has 1 aliphatic heterocycles. The van der Waals surface area contributed by atoms with E-state index in [0.717, 1.165) is 11.1 Å². The van der Waals surface area contributed by atoms with Gasteiger partial charge in [0.25, 0.3) is 5.91 Å². The lowest BCUT2D eigenvalue weighted by Gasteiger charge is -2.33. The summed E-state index contributed by atoms with van der Waals surface area (Å²) in [5.74, 6) is 4.40. The number of hydrogen-bond donors (Lipinski definition) is 3. The number of hydrazine groups is 1. The monoisotopic (exact) mass is 386 g/mol. The number of carbonyl (C=O) groups is 2. The standard InChI is InChI=1S/C20H23FN4O3/c1-13-2-7-16(17(21)10-13)18-12-25(8-9-28-18)20(27)23-11-14-3-5-15(6-4-14)19(26)24-22/h2-7,10,18H,8-9,11-12,22H2,1H3,(H,23,27)(H,24,26). The van der Waals surface area contributed by atoms with E-state index in [9.17, 15) is 14.0 Å². The molecule has 0 saturated carbocycles. The van der Waals surface area contributed by atoms with Gasteiger partial charge in [0.1, 0.15) is 11.9 Å². The smallest absolute Gasteiger partial charge is 0.317 e. The molecule has 1 aliphatic rings. The summed E-state index contributed by atoms with van der Waals surface area (Å²) >= 11 is 0. The lowest BCUT2D eigenvalue weighted by Crippen LogP contribution is -2.47. The topological polar surface area (TPSA) is 96.7 Å². The van der Waals surface area contributed by atoms with Crippen LogP contribution in [0.2, 0.25) is 0 Å². The molecular formula is C20H23FN4O3. The van der Waals surface area contributed by atoms with Crippen LogP contribution in [-0.4, -0.2) is 36.5 Å². The van der Waals surface area contributed by atoms with Crippen molar-refractivity contribution < 1.29 is 18.7 Å². The molecule has 2 aromatic carbocycles. The first-order chi connectivity index (χ1) is 13.5. The van der Waals surface area contributed by atoms with Crippen LogP contribution < -0.4 is 16.6 Å². The van der Waals surface area contributed by atoms with Crippen LogP contribution in [0.15, 0.2) is 42.5 Å². The predicted molar refractivity (Wildman–Crippen MR) is 102 cm³/mol. The summed E-state index contributed by atoms with van der Waals surface area (Å²) in [6.07, 6.45) is -0.492. The van der Waals surface area contributed by atoms with Gasteiger partial charge in [0.2, 0.25) is 0 Å². The highest BCUT2D eigenvalue weighted by Gasteiger charge is 2.27. The molecule has 0 spiro atoms. The maximum Gasteiger partial charge on any atom is 0.317 e. The highest BCUT2D eigenvalue weighted by molar-refractivity contribution is 5.93. The minimum Gasteiger partial charge on any atom is -0.370 e. The highest BCUT2D eigenvalue weighted by Crippen LogP contribution is 2.25. The van der Waals surface area contributed by atoms with Gasteiger partial charge in [-0.15, -0.1) is 0 Å². The minimum absolute atomic E-state index is 0.246. The Labute approximate surface area is 162 Å². The number of nitrogens with one attached hydrogen (secondary N) is 2. The number of rotatable bonds is 4. The largest absolute Gasteiger partial charge is 0.370 e. The fourth-order valence-electron chi connectivity index (χ4n) is 3.06. The van der Waals surface area contributed by atoms with E-state index in [2.05, 4.69) is 10.7 Å². The molecule has 3 amide bonds. The number of hydrogen-bond acceptors (Lipinski definition) is 4. The maximum atomic E-state index is 14.2. The molecule has 2 aromatic rings. The molecule has 7 nitrogen and oxygen atoms in total. The van der Waals surface area contributed by atoms with E-state index < -0.39 is 6.10 Å². The number of amides is 3. The van der Waals surface area contributed by atoms with E-state index in [1.165, 1.54) is 6.07 Å². The van der Waals surface area contributed by atoms with Gasteiger partial charge in [-0.05, 0) is 36.2 Å². The summed E-state index contributed by atoms with van der Waals surface area (Å²) in [5.41, 5.74) is 4.64. The number of aryl methyl sites for hydroxylation is 1. The number of benzene rings is 2. The van der Waals surface area contributed by atoms with Crippen LogP contribution in [0.3, 0.4) is 0 Å². The zero-order chi connectivity index (χ0) is 20.1. The average Bonchev–Trinajstić information content (AvgIpc) is 2.72. The summed E-state index contributed by atoms with van der Waals surface area (Å²) in [5, 5.41) is 2.84. The third-order valence-electron chi connectivity index (χ3n) is 4.65. The first-order valence-electron chi connectivity index (χ1n) is 8.98. The summed E-state index contributed by atoms with van der Waals surface area (Å²) in [6, 6.07) is 11.5. The summed E-state index contributed by atoms with van der Waals surface area (Å²) < 4.78 is 19.9. The molecule has 0 radical (unpaired) electrons. The molecule has 1 unspecified atom stereocenters. The Hall–Kier alpha value is -2.97. The quantitative estimate of drug-likeness (QED) is 0.425. The van der Waals surface area contributed by atoms with Crippen molar-refractivity contribution in [1.29, 1.82) is 0 Å². The van der Waals surface area contributed by atoms with E-state index >= 15 is 0 Å². The van der Waals surface area contributed by atoms with Gasteiger partial charge < -0.3 is 15.0 Å². The molecule has 0 aliphatic carbocycles. The number of halogens is 1. The number of nitrogens with two attached hydrogens (primary N) is 1. The Bertz CT molecular complexity index is 857. The Morgan fingerprint density at radius 1 is 1.25 bits per heavy atom. The highest BCUT2D eigenvalue weighted by atomic mass is 19.1. The first kappa shape index (κ1) is 19.8. The first-order valence-corrected chi connectivity index (χ1v) is 8.98. The second kappa shape index (κ2) is 8.81. The number of nitrogens with zero attached hydrogens (tertiary/aromatic N) is 1. The fraction of sp³-hybridized carbons (Fsp3) is 0.300. The molecule has 3 rings (SSSR count). The Morgan fingerprint density at radius 3 is 2.68 bits per heavy atom. The van der Waals surface area contributed by atoms with Crippen LogP contribution in [0, 0.1) is 12.7 Å². The Morgan fingerprint density at radius 2 is 2.00 bits per heavy atom. The molecule has 1 saturated heterocycles. The van der Waals surface area contributed by atoms with Gasteiger partial charge in [-0.1, -0.05) is 24.3 Å². The molecule has 0 aromatic heterocycles. The van der Waals surface area contributed by atoms with E-state index in [1.54, 1.807) is 35.2 Å². The molecule has 1 atom stereocenters. The number of morpholine rings is 1. The van der Waals surface area contributed by atoms with Crippen molar-refractivity contribution in [3.63, 3.8) is 0 Å². The van der Waals surface area contributed by atoms with Crippen molar-refractivity contribution in [2.75, 3.05) is 19.7 Å². The number of nitrogen functional groups attached to an aromatic ring is 1. The number of carbonyl (C=O) groups excluding carboxylic acids is 2.